The average Bonchev–Trinajstić information content (AvgIpc) is 2.80. The molecule has 1 heterocycles. The number of hydrogen-bond acceptors (Lipinski definition) is 2. The number of likely N-dealkylation sites (N-methyl/N-ethyl adjacent to an activating group) is 1. The number of carbonyl (C=O) groups excluding carboxylic acids is 1. The van der Waals surface area contributed by atoms with Crippen LogP contribution in [0.2, 0.25) is 5.15 Å². The van der Waals surface area contributed by atoms with Crippen molar-refractivity contribution in [2.75, 3.05) is 13.6 Å². The number of halogens is 1. The predicted octanol–water partition coefficient (Wildman–Crippen LogP) is 3.69. The summed E-state index contributed by atoms with van der Waals surface area (Å²) in [7, 11) is 1.77. The van der Waals surface area contributed by atoms with Crippen molar-refractivity contribution in [1.82, 2.24) is 14.7 Å². The van der Waals surface area contributed by atoms with Crippen LogP contribution in [0.25, 0.3) is 6.08 Å². The molecule has 0 saturated carbocycles. The lowest BCUT2D eigenvalue weighted by Crippen LogP contribution is -2.23. The molecule has 122 valence electrons. The smallest absolute Gasteiger partial charge is 0.246 e. The summed E-state index contributed by atoms with van der Waals surface area (Å²) in [5.41, 5.74) is 3.96. The Bertz CT molecular complexity index is 717. The van der Waals surface area contributed by atoms with Crippen molar-refractivity contribution in [2.24, 2.45) is 0 Å². The van der Waals surface area contributed by atoms with E-state index in [0.29, 0.717) is 18.2 Å². The van der Waals surface area contributed by atoms with Gasteiger partial charge in [0.2, 0.25) is 5.91 Å². The molecule has 2 rings (SSSR count). The normalized spacial score (nSPS) is 11.2. The van der Waals surface area contributed by atoms with Crippen LogP contribution in [-0.4, -0.2) is 34.2 Å². The Hall–Kier alpha value is -2.07. The lowest BCUT2D eigenvalue weighted by Gasteiger charge is -2.10. The van der Waals surface area contributed by atoms with Gasteiger partial charge in [-0.25, -0.2) is 4.68 Å². The molecule has 0 N–H and O–H groups in total. The van der Waals surface area contributed by atoms with Crippen LogP contribution in [0.3, 0.4) is 0 Å². The molecule has 1 aromatic carbocycles. The van der Waals surface area contributed by atoms with Crippen molar-refractivity contribution < 1.29 is 4.79 Å². The van der Waals surface area contributed by atoms with E-state index < -0.39 is 0 Å². The zero-order chi connectivity index (χ0) is 17.0. The first-order chi connectivity index (χ1) is 10.9. The van der Waals surface area contributed by atoms with E-state index in [0.717, 1.165) is 16.8 Å². The van der Waals surface area contributed by atoms with E-state index >= 15 is 0 Å². The fourth-order valence-electron chi connectivity index (χ4n) is 2.17. The van der Waals surface area contributed by atoms with Gasteiger partial charge in [0.15, 0.2) is 0 Å². The van der Waals surface area contributed by atoms with Gasteiger partial charge in [0, 0.05) is 25.2 Å². The second-order valence-electron chi connectivity index (χ2n) is 5.62. The van der Waals surface area contributed by atoms with E-state index in [9.17, 15) is 4.79 Å². The molecule has 0 aliphatic rings. The summed E-state index contributed by atoms with van der Waals surface area (Å²) in [6, 6.07) is 8.27. The van der Waals surface area contributed by atoms with Gasteiger partial charge in [-0.1, -0.05) is 41.4 Å². The molecule has 0 aliphatic carbocycles. The Morgan fingerprint density at radius 3 is 2.57 bits per heavy atom. The molecule has 0 bridgehead atoms. The van der Waals surface area contributed by atoms with E-state index in [2.05, 4.69) is 36.3 Å². The third-order valence-electron chi connectivity index (χ3n) is 3.81. The van der Waals surface area contributed by atoms with Crippen molar-refractivity contribution in [2.45, 2.75) is 27.3 Å². The van der Waals surface area contributed by atoms with Crippen LogP contribution >= 0.6 is 11.6 Å². The quantitative estimate of drug-likeness (QED) is 0.784. The molecule has 0 fully saturated rings. The number of rotatable bonds is 5. The van der Waals surface area contributed by atoms with Gasteiger partial charge in [-0.3, -0.25) is 4.79 Å². The molecule has 5 heteroatoms. The predicted molar refractivity (Wildman–Crippen MR) is 94.6 cm³/mol. The maximum atomic E-state index is 11.9. The molecule has 1 amide bonds. The molecule has 0 aliphatic heterocycles. The third kappa shape index (κ3) is 4.23. The van der Waals surface area contributed by atoms with Crippen LogP contribution in [0, 0.1) is 13.8 Å². The van der Waals surface area contributed by atoms with Gasteiger partial charge in [-0.15, -0.1) is 0 Å². The van der Waals surface area contributed by atoms with Crippen molar-refractivity contribution in [3.63, 3.8) is 0 Å². The average molecular weight is 332 g/mol. The second-order valence-corrected chi connectivity index (χ2v) is 5.98. The molecule has 0 spiro atoms. The minimum atomic E-state index is -0.0470. The maximum absolute atomic E-state index is 11.9. The van der Waals surface area contributed by atoms with Crippen LogP contribution in [0.5, 0.6) is 0 Å². The van der Waals surface area contributed by atoms with Gasteiger partial charge >= 0.3 is 0 Å². The third-order valence-corrected chi connectivity index (χ3v) is 4.20. The van der Waals surface area contributed by atoms with Crippen LogP contribution in [0.15, 0.2) is 30.3 Å². The molecule has 1 aromatic heterocycles. The van der Waals surface area contributed by atoms with Crippen LogP contribution < -0.4 is 0 Å². The van der Waals surface area contributed by atoms with Gasteiger partial charge in [-0.05, 0) is 32.4 Å². The Balaban J connectivity index is 2.20. The maximum Gasteiger partial charge on any atom is 0.246 e. The number of nitrogens with zero attached hydrogens (tertiary/aromatic N) is 3. The molecule has 2 aromatic rings. The molecule has 0 saturated heterocycles. The number of amides is 1. The minimum absolute atomic E-state index is 0.0470. The largest absolute Gasteiger partial charge is 0.343 e. The Kier molecular flexibility index (Phi) is 5.61. The number of carbonyl (C=O) groups is 1. The second kappa shape index (κ2) is 7.47. The van der Waals surface area contributed by atoms with E-state index in [4.69, 9.17) is 11.6 Å². The van der Waals surface area contributed by atoms with Crippen LogP contribution in [-0.2, 0) is 11.3 Å². The standard InChI is InChI=1S/C18H22ClN3O/c1-5-21(4)17(23)11-10-16-14(3)20-22(18(16)19)12-15-8-6-13(2)7-9-15/h6-11H,5,12H2,1-4H3/b11-10+. The highest BCUT2D eigenvalue weighted by Gasteiger charge is 2.12. The summed E-state index contributed by atoms with van der Waals surface area (Å²) < 4.78 is 1.76. The van der Waals surface area contributed by atoms with Crippen molar-refractivity contribution in [1.29, 1.82) is 0 Å². The Morgan fingerprint density at radius 1 is 1.30 bits per heavy atom. The summed E-state index contributed by atoms with van der Waals surface area (Å²) in [6.07, 6.45) is 3.28. The highest BCUT2D eigenvalue weighted by Crippen LogP contribution is 2.22. The molecule has 23 heavy (non-hydrogen) atoms. The zero-order valence-electron chi connectivity index (χ0n) is 14.0. The van der Waals surface area contributed by atoms with Crippen molar-refractivity contribution in [3.05, 3.63) is 57.9 Å². The van der Waals surface area contributed by atoms with Gasteiger partial charge in [-0.2, -0.15) is 5.10 Å². The fraction of sp³-hybridized carbons (Fsp3) is 0.333. The van der Waals surface area contributed by atoms with Gasteiger partial charge in [0.05, 0.1) is 12.2 Å². The first-order valence-electron chi connectivity index (χ1n) is 7.64. The number of benzene rings is 1. The number of aryl methyl sites for hydroxylation is 2. The molecular weight excluding hydrogens is 310 g/mol. The molecule has 4 nitrogen and oxygen atoms in total. The SMILES string of the molecule is CCN(C)C(=O)/C=C/c1c(C)nn(Cc2ccc(C)cc2)c1Cl. The Labute approximate surface area is 142 Å². The number of hydrogen-bond donors (Lipinski definition) is 0. The molecule has 0 unspecified atom stereocenters. The van der Waals surface area contributed by atoms with E-state index in [1.807, 2.05) is 13.8 Å². The molecule has 0 radical (unpaired) electrons. The fourth-order valence-corrected chi connectivity index (χ4v) is 2.46. The highest BCUT2D eigenvalue weighted by molar-refractivity contribution is 6.31. The summed E-state index contributed by atoms with van der Waals surface area (Å²) >= 11 is 6.43. The van der Waals surface area contributed by atoms with E-state index in [1.165, 1.54) is 11.6 Å². The summed E-state index contributed by atoms with van der Waals surface area (Å²) in [6.45, 7) is 7.16. The summed E-state index contributed by atoms with van der Waals surface area (Å²) in [4.78, 5) is 13.5. The summed E-state index contributed by atoms with van der Waals surface area (Å²) in [5, 5.41) is 5.03. The molecular formula is C18H22ClN3O. The monoisotopic (exact) mass is 331 g/mol. The van der Waals surface area contributed by atoms with Crippen molar-refractivity contribution in [3.8, 4) is 0 Å². The zero-order valence-corrected chi connectivity index (χ0v) is 14.8. The molecule has 0 atom stereocenters. The minimum Gasteiger partial charge on any atom is -0.343 e. The highest BCUT2D eigenvalue weighted by atomic mass is 35.5. The topological polar surface area (TPSA) is 38.1 Å². The number of aromatic nitrogens is 2. The lowest BCUT2D eigenvalue weighted by atomic mass is 10.1. The van der Waals surface area contributed by atoms with Gasteiger partial charge in [0.1, 0.15) is 5.15 Å². The first kappa shape index (κ1) is 17.3. The van der Waals surface area contributed by atoms with Crippen LogP contribution in [0.1, 0.15) is 29.3 Å². The van der Waals surface area contributed by atoms with Crippen molar-refractivity contribution >= 4 is 23.6 Å². The van der Waals surface area contributed by atoms with E-state index in [-0.39, 0.29) is 5.91 Å². The lowest BCUT2D eigenvalue weighted by molar-refractivity contribution is -0.124. The van der Waals surface area contributed by atoms with Gasteiger partial charge in [0.25, 0.3) is 0 Å². The summed E-state index contributed by atoms with van der Waals surface area (Å²) in [5.74, 6) is -0.0470. The Morgan fingerprint density at radius 2 is 1.96 bits per heavy atom. The van der Waals surface area contributed by atoms with Gasteiger partial charge < -0.3 is 4.90 Å². The first-order valence-corrected chi connectivity index (χ1v) is 8.01. The van der Waals surface area contributed by atoms with Crippen LogP contribution in [0.4, 0.5) is 0 Å². The van der Waals surface area contributed by atoms with E-state index in [1.54, 1.807) is 22.7 Å².